The second-order valence-electron chi connectivity index (χ2n) is 4.73. The smallest absolute Gasteiger partial charge is 0.160 e. The Kier molecular flexibility index (Phi) is 3.02. The summed E-state index contributed by atoms with van der Waals surface area (Å²) in [6.07, 6.45) is -1.72. The van der Waals surface area contributed by atoms with E-state index in [9.17, 15) is 10.2 Å². The summed E-state index contributed by atoms with van der Waals surface area (Å²) in [5, 5.41) is 28.9. The first-order chi connectivity index (χ1) is 9.13. The van der Waals surface area contributed by atoms with E-state index >= 15 is 0 Å². The lowest BCUT2D eigenvalue weighted by Crippen LogP contribution is -2.43. The molecule has 8 nitrogen and oxygen atoms in total. The molecule has 19 heavy (non-hydrogen) atoms. The Hall–Kier alpha value is -1.48. The van der Waals surface area contributed by atoms with Crippen molar-refractivity contribution < 1.29 is 20.1 Å². The molecule has 0 spiro atoms. The van der Waals surface area contributed by atoms with E-state index in [1.54, 1.807) is 4.90 Å². The van der Waals surface area contributed by atoms with Crippen molar-refractivity contribution in [2.75, 3.05) is 23.8 Å². The number of rotatable bonds is 2. The summed E-state index contributed by atoms with van der Waals surface area (Å²) in [5.41, 5.74) is 6.60. The van der Waals surface area contributed by atoms with Gasteiger partial charge in [-0.2, -0.15) is 0 Å². The van der Waals surface area contributed by atoms with Crippen LogP contribution in [0.3, 0.4) is 0 Å². The average molecular weight is 268 g/mol. The zero-order valence-electron chi connectivity index (χ0n) is 10.2. The summed E-state index contributed by atoms with van der Waals surface area (Å²) < 4.78 is 5.49. The molecule has 0 aromatic carbocycles. The molecule has 1 aromatic rings. The normalized spacial score (nSPS) is 33.7. The molecule has 2 aliphatic rings. The maximum Gasteiger partial charge on any atom is 0.160 e. The fourth-order valence-electron chi connectivity index (χ4n) is 2.63. The Morgan fingerprint density at radius 1 is 1.37 bits per heavy atom. The van der Waals surface area contributed by atoms with Gasteiger partial charge in [-0.05, 0) is 6.42 Å². The standard InChI is InChI=1S/C11H16N4O4/c12-9-5-1-2-15(10(5)14-4-13-9)11-8(18)7(17)6(3-16)19-11/h4,6-8,11,16-18H,1-3H2,(H2,12,13,14). The number of nitrogen functional groups attached to an aromatic ring is 1. The van der Waals surface area contributed by atoms with E-state index in [0.29, 0.717) is 24.6 Å². The summed E-state index contributed by atoms with van der Waals surface area (Å²) in [6.45, 7) is 0.228. The molecule has 4 atom stereocenters. The van der Waals surface area contributed by atoms with Gasteiger partial charge in [-0.1, -0.05) is 0 Å². The lowest BCUT2D eigenvalue weighted by atomic mass is 10.1. The van der Waals surface area contributed by atoms with Gasteiger partial charge in [0.15, 0.2) is 6.23 Å². The Labute approximate surface area is 109 Å². The van der Waals surface area contributed by atoms with Crippen LogP contribution in [0.5, 0.6) is 0 Å². The predicted octanol–water partition coefficient (Wildman–Crippen LogP) is -2.14. The third-order valence-corrected chi connectivity index (χ3v) is 3.66. The van der Waals surface area contributed by atoms with Crippen LogP contribution in [0.2, 0.25) is 0 Å². The first-order valence-electron chi connectivity index (χ1n) is 6.12. The van der Waals surface area contributed by atoms with Crippen molar-refractivity contribution in [2.24, 2.45) is 0 Å². The van der Waals surface area contributed by atoms with Crippen molar-refractivity contribution >= 4 is 11.6 Å². The van der Waals surface area contributed by atoms with Crippen LogP contribution in [0.1, 0.15) is 5.56 Å². The van der Waals surface area contributed by atoms with Gasteiger partial charge in [0.2, 0.25) is 0 Å². The second kappa shape index (κ2) is 4.57. The highest BCUT2D eigenvalue weighted by molar-refractivity contribution is 5.61. The van der Waals surface area contributed by atoms with E-state index in [-0.39, 0.29) is 6.61 Å². The second-order valence-corrected chi connectivity index (χ2v) is 4.73. The third-order valence-electron chi connectivity index (χ3n) is 3.66. The van der Waals surface area contributed by atoms with Crippen molar-refractivity contribution in [3.8, 4) is 0 Å². The lowest BCUT2D eigenvalue weighted by Gasteiger charge is -2.27. The molecule has 4 unspecified atom stereocenters. The van der Waals surface area contributed by atoms with Gasteiger partial charge in [0, 0.05) is 12.1 Å². The highest BCUT2D eigenvalue weighted by Gasteiger charge is 2.47. The molecule has 2 aliphatic heterocycles. The zero-order valence-corrected chi connectivity index (χ0v) is 10.2. The maximum atomic E-state index is 10.0. The van der Waals surface area contributed by atoms with Gasteiger partial charge in [0.25, 0.3) is 0 Å². The van der Waals surface area contributed by atoms with Gasteiger partial charge in [-0.15, -0.1) is 0 Å². The third kappa shape index (κ3) is 1.84. The number of anilines is 2. The first kappa shape index (κ1) is 12.5. The minimum Gasteiger partial charge on any atom is -0.394 e. The van der Waals surface area contributed by atoms with E-state index in [2.05, 4.69) is 9.97 Å². The summed E-state index contributed by atoms with van der Waals surface area (Å²) in [4.78, 5) is 9.83. The maximum absolute atomic E-state index is 10.0. The highest BCUT2D eigenvalue weighted by Crippen LogP contribution is 2.34. The minimum absolute atomic E-state index is 0.346. The van der Waals surface area contributed by atoms with Crippen LogP contribution < -0.4 is 10.6 Å². The number of hydrogen-bond donors (Lipinski definition) is 4. The number of aliphatic hydroxyl groups excluding tert-OH is 3. The summed E-state index contributed by atoms with van der Waals surface area (Å²) in [5.74, 6) is 1.03. The van der Waals surface area contributed by atoms with Crippen molar-refractivity contribution in [1.82, 2.24) is 9.97 Å². The van der Waals surface area contributed by atoms with Crippen LogP contribution in [0.25, 0.3) is 0 Å². The van der Waals surface area contributed by atoms with Crippen molar-refractivity contribution in [2.45, 2.75) is 31.0 Å². The summed E-state index contributed by atoms with van der Waals surface area (Å²) >= 11 is 0. The Morgan fingerprint density at radius 3 is 2.84 bits per heavy atom. The minimum atomic E-state index is -1.11. The first-order valence-corrected chi connectivity index (χ1v) is 6.12. The van der Waals surface area contributed by atoms with Crippen LogP contribution >= 0.6 is 0 Å². The van der Waals surface area contributed by atoms with Crippen molar-refractivity contribution in [3.63, 3.8) is 0 Å². The Bertz CT molecular complexity index is 486. The van der Waals surface area contributed by atoms with Gasteiger partial charge in [0.05, 0.1) is 6.61 Å². The van der Waals surface area contributed by atoms with Gasteiger partial charge >= 0.3 is 0 Å². The largest absolute Gasteiger partial charge is 0.394 e. The Morgan fingerprint density at radius 2 is 2.16 bits per heavy atom. The van der Waals surface area contributed by atoms with Gasteiger partial charge in [-0.3, -0.25) is 0 Å². The molecular weight excluding hydrogens is 252 g/mol. The van der Waals surface area contributed by atoms with Crippen LogP contribution in [0.4, 0.5) is 11.6 Å². The number of aliphatic hydroxyl groups is 3. The van der Waals surface area contributed by atoms with Crippen LogP contribution in [0.15, 0.2) is 6.33 Å². The number of nitrogens with zero attached hydrogens (tertiary/aromatic N) is 3. The predicted molar refractivity (Wildman–Crippen MR) is 65.3 cm³/mol. The summed E-state index contributed by atoms with van der Waals surface area (Å²) in [6, 6.07) is 0. The molecule has 3 heterocycles. The van der Waals surface area contributed by atoms with E-state index < -0.39 is 24.5 Å². The molecule has 0 saturated carbocycles. The van der Waals surface area contributed by atoms with Crippen molar-refractivity contribution in [1.29, 1.82) is 0 Å². The fourth-order valence-corrected chi connectivity index (χ4v) is 2.63. The van der Waals surface area contributed by atoms with E-state index in [0.717, 1.165) is 5.56 Å². The van der Waals surface area contributed by atoms with Crippen LogP contribution in [-0.4, -0.2) is 63.0 Å². The molecule has 0 radical (unpaired) electrons. The monoisotopic (exact) mass is 268 g/mol. The van der Waals surface area contributed by atoms with E-state index in [1.165, 1.54) is 6.33 Å². The van der Waals surface area contributed by atoms with Crippen LogP contribution in [-0.2, 0) is 11.2 Å². The number of fused-ring (bicyclic) bond motifs is 1. The zero-order chi connectivity index (χ0) is 13.6. The molecule has 3 rings (SSSR count). The van der Waals surface area contributed by atoms with Crippen molar-refractivity contribution in [3.05, 3.63) is 11.9 Å². The SMILES string of the molecule is Nc1ncnc2c1CCN2C1OC(CO)C(O)C1O. The average Bonchev–Trinajstić information content (AvgIpc) is 2.94. The van der Waals surface area contributed by atoms with E-state index in [4.69, 9.17) is 15.6 Å². The quantitative estimate of drug-likeness (QED) is 0.479. The highest BCUT2D eigenvalue weighted by atomic mass is 16.6. The lowest BCUT2D eigenvalue weighted by molar-refractivity contribution is -0.0221. The topological polar surface area (TPSA) is 125 Å². The fraction of sp³-hybridized carbons (Fsp3) is 0.636. The molecule has 5 N–H and O–H groups in total. The number of hydrogen-bond acceptors (Lipinski definition) is 8. The number of nitrogens with two attached hydrogens (primary N) is 1. The molecular formula is C11H16N4O4. The molecule has 0 amide bonds. The van der Waals surface area contributed by atoms with Crippen LogP contribution in [0, 0.1) is 0 Å². The number of aromatic nitrogens is 2. The van der Waals surface area contributed by atoms with E-state index in [1.807, 2.05) is 0 Å². The molecule has 0 aliphatic carbocycles. The molecule has 0 bridgehead atoms. The van der Waals surface area contributed by atoms with Gasteiger partial charge < -0.3 is 30.7 Å². The summed E-state index contributed by atoms with van der Waals surface area (Å²) in [7, 11) is 0. The number of ether oxygens (including phenoxy) is 1. The molecule has 104 valence electrons. The van der Waals surface area contributed by atoms with Gasteiger partial charge in [0.1, 0.15) is 36.3 Å². The van der Waals surface area contributed by atoms with Gasteiger partial charge in [-0.25, -0.2) is 9.97 Å². The molecule has 1 aromatic heterocycles. The Balaban J connectivity index is 1.88. The molecule has 1 saturated heterocycles. The molecule has 8 heteroatoms. The molecule has 1 fully saturated rings.